The second-order valence-corrected chi connectivity index (χ2v) is 5.84. The Hall–Kier alpha value is -1.25. The van der Waals surface area contributed by atoms with Gasteiger partial charge in [-0.05, 0) is 13.3 Å². The van der Waals surface area contributed by atoms with Gasteiger partial charge in [-0.1, -0.05) is 0 Å². The maximum absolute atomic E-state index is 12.0. The van der Waals surface area contributed by atoms with Crippen LogP contribution < -0.4 is 11.2 Å². The fraction of sp³-hybridized carbons (Fsp3) is 0.545. The van der Waals surface area contributed by atoms with Gasteiger partial charge in [-0.2, -0.15) is 5.26 Å². The summed E-state index contributed by atoms with van der Waals surface area (Å²) < 4.78 is 1.51. The van der Waals surface area contributed by atoms with E-state index in [1.807, 2.05) is 0 Å². The second-order valence-electron chi connectivity index (χ2n) is 4.30. The Morgan fingerprint density at radius 2 is 2.17 bits per heavy atom. The molecule has 0 bridgehead atoms. The second kappa shape index (κ2) is 4.45. The van der Waals surface area contributed by atoms with Crippen molar-refractivity contribution in [1.82, 2.24) is 9.13 Å². The van der Waals surface area contributed by atoms with Gasteiger partial charge >= 0.3 is 5.69 Å². The number of nitriles is 1. The van der Waals surface area contributed by atoms with Crippen molar-refractivity contribution in [2.75, 3.05) is 0 Å². The fourth-order valence-electron chi connectivity index (χ4n) is 1.81. The van der Waals surface area contributed by atoms with Gasteiger partial charge < -0.3 is 0 Å². The van der Waals surface area contributed by atoms with Crippen molar-refractivity contribution >= 4 is 23.2 Å². The van der Waals surface area contributed by atoms with Crippen LogP contribution >= 0.6 is 23.2 Å². The lowest BCUT2D eigenvalue weighted by Crippen LogP contribution is -2.41. The molecule has 1 unspecified atom stereocenters. The predicted molar refractivity (Wildman–Crippen MR) is 67.9 cm³/mol. The zero-order chi connectivity index (χ0) is 13.5. The monoisotopic (exact) mass is 287 g/mol. The van der Waals surface area contributed by atoms with Gasteiger partial charge in [0.25, 0.3) is 5.56 Å². The summed E-state index contributed by atoms with van der Waals surface area (Å²) in [5, 5.41) is 8.88. The summed E-state index contributed by atoms with van der Waals surface area (Å²) in [4.78, 5) is 23.9. The highest BCUT2D eigenvalue weighted by Gasteiger charge is 2.51. The molecule has 1 heterocycles. The molecule has 5 nitrogen and oxygen atoms in total. The molecule has 1 saturated carbocycles. The van der Waals surface area contributed by atoms with Crippen molar-refractivity contribution in [2.45, 2.75) is 30.8 Å². The molecule has 18 heavy (non-hydrogen) atoms. The minimum absolute atomic E-state index is 0.0492. The van der Waals surface area contributed by atoms with Crippen LogP contribution in [0.5, 0.6) is 0 Å². The van der Waals surface area contributed by atoms with Crippen LogP contribution in [-0.4, -0.2) is 13.5 Å². The molecule has 0 saturated heterocycles. The van der Waals surface area contributed by atoms with Crippen molar-refractivity contribution in [3.8, 4) is 6.07 Å². The SMILES string of the molecule is CCn1cc(C#N)c(=O)n(CC2CC2(Cl)Cl)c1=O. The molecule has 2 rings (SSSR count). The normalized spacial score (nSPS) is 20.4. The number of alkyl halides is 2. The van der Waals surface area contributed by atoms with Gasteiger partial charge in [0.2, 0.25) is 0 Å². The number of aromatic nitrogens is 2. The first-order valence-corrected chi connectivity index (χ1v) is 6.28. The number of halogens is 2. The molecule has 1 aliphatic carbocycles. The standard InChI is InChI=1S/C11H11Cl2N3O2/c1-2-15-5-7(4-14)9(17)16(10(15)18)6-8-3-11(8,12)13/h5,8H,2-3,6H2,1H3. The Bertz CT molecular complexity index is 639. The van der Waals surface area contributed by atoms with E-state index in [0.717, 1.165) is 4.57 Å². The molecule has 7 heteroatoms. The third-order valence-electron chi connectivity index (χ3n) is 3.06. The molecular weight excluding hydrogens is 277 g/mol. The van der Waals surface area contributed by atoms with Crippen LogP contribution in [0.15, 0.2) is 15.8 Å². The van der Waals surface area contributed by atoms with E-state index < -0.39 is 15.6 Å². The first-order valence-electron chi connectivity index (χ1n) is 5.53. The fourth-order valence-corrected chi connectivity index (χ4v) is 2.32. The molecule has 1 aliphatic rings. The van der Waals surface area contributed by atoms with E-state index in [0.29, 0.717) is 13.0 Å². The van der Waals surface area contributed by atoms with Crippen LogP contribution in [0.3, 0.4) is 0 Å². The highest BCUT2D eigenvalue weighted by atomic mass is 35.5. The Morgan fingerprint density at radius 3 is 2.61 bits per heavy atom. The van der Waals surface area contributed by atoms with Crippen LogP contribution in [-0.2, 0) is 13.1 Å². The van der Waals surface area contributed by atoms with Crippen molar-refractivity contribution in [3.63, 3.8) is 0 Å². The maximum Gasteiger partial charge on any atom is 0.331 e. The minimum atomic E-state index is -0.856. The number of rotatable bonds is 3. The van der Waals surface area contributed by atoms with Crippen molar-refractivity contribution < 1.29 is 0 Å². The summed E-state index contributed by atoms with van der Waals surface area (Å²) in [7, 11) is 0. The number of aryl methyl sites for hydroxylation is 1. The van der Waals surface area contributed by atoms with Gasteiger partial charge in [-0.25, -0.2) is 4.79 Å². The number of hydrogen-bond acceptors (Lipinski definition) is 3. The number of nitrogens with zero attached hydrogens (tertiary/aromatic N) is 3. The maximum atomic E-state index is 12.0. The molecule has 1 aromatic heterocycles. The molecule has 0 spiro atoms. The Balaban J connectivity index is 2.49. The highest BCUT2D eigenvalue weighted by Crippen LogP contribution is 2.53. The van der Waals surface area contributed by atoms with E-state index in [2.05, 4.69) is 0 Å². The molecule has 0 radical (unpaired) electrons. The lowest BCUT2D eigenvalue weighted by molar-refractivity contribution is 0.528. The molecule has 0 aromatic carbocycles. The van der Waals surface area contributed by atoms with E-state index >= 15 is 0 Å². The van der Waals surface area contributed by atoms with E-state index in [1.54, 1.807) is 13.0 Å². The average Bonchev–Trinajstić information content (AvgIpc) is 2.92. The molecular formula is C11H11Cl2N3O2. The molecule has 96 valence electrons. The lowest BCUT2D eigenvalue weighted by atomic mass is 10.3. The summed E-state index contributed by atoms with van der Waals surface area (Å²) in [6, 6.07) is 1.79. The molecule has 0 aliphatic heterocycles. The first-order chi connectivity index (χ1) is 8.40. The quantitative estimate of drug-likeness (QED) is 0.782. The number of hydrogen-bond donors (Lipinski definition) is 0. The predicted octanol–water partition coefficient (Wildman–Crippen LogP) is 1.10. The van der Waals surface area contributed by atoms with Gasteiger partial charge in [-0.3, -0.25) is 13.9 Å². The van der Waals surface area contributed by atoms with Crippen molar-refractivity contribution in [3.05, 3.63) is 32.6 Å². The van der Waals surface area contributed by atoms with Gasteiger partial charge in [0, 0.05) is 25.2 Å². The Kier molecular flexibility index (Phi) is 3.26. The third kappa shape index (κ3) is 2.18. The summed E-state index contributed by atoms with van der Waals surface area (Å²) in [5.41, 5.74) is -1.06. The minimum Gasteiger partial charge on any atom is -0.299 e. The lowest BCUT2D eigenvalue weighted by Gasteiger charge is -2.09. The van der Waals surface area contributed by atoms with E-state index in [4.69, 9.17) is 28.5 Å². The van der Waals surface area contributed by atoms with Crippen LogP contribution in [0.25, 0.3) is 0 Å². The molecule has 0 amide bonds. The Morgan fingerprint density at radius 1 is 1.56 bits per heavy atom. The van der Waals surface area contributed by atoms with Gasteiger partial charge in [-0.15, -0.1) is 23.2 Å². The van der Waals surface area contributed by atoms with Gasteiger partial charge in [0.1, 0.15) is 16.0 Å². The molecule has 1 fully saturated rings. The zero-order valence-electron chi connectivity index (χ0n) is 9.69. The van der Waals surface area contributed by atoms with Crippen LogP contribution in [0.1, 0.15) is 18.9 Å². The summed E-state index contributed by atoms with van der Waals surface area (Å²) in [6.45, 7) is 2.31. The van der Waals surface area contributed by atoms with Crippen LogP contribution in [0, 0.1) is 17.2 Å². The molecule has 0 N–H and O–H groups in total. The van der Waals surface area contributed by atoms with Crippen molar-refractivity contribution in [1.29, 1.82) is 5.26 Å². The van der Waals surface area contributed by atoms with E-state index in [9.17, 15) is 9.59 Å². The highest BCUT2D eigenvalue weighted by molar-refractivity contribution is 6.50. The molecule has 1 aromatic rings. The smallest absolute Gasteiger partial charge is 0.299 e. The third-order valence-corrected chi connectivity index (χ3v) is 3.98. The largest absolute Gasteiger partial charge is 0.331 e. The zero-order valence-corrected chi connectivity index (χ0v) is 11.2. The van der Waals surface area contributed by atoms with Gasteiger partial charge in [0.05, 0.1) is 0 Å². The van der Waals surface area contributed by atoms with Crippen molar-refractivity contribution in [2.24, 2.45) is 5.92 Å². The average molecular weight is 288 g/mol. The topological polar surface area (TPSA) is 67.8 Å². The molecule has 1 atom stereocenters. The first kappa shape index (κ1) is 13.2. The Labute approximate surface area is 113 Å². The van der Waals surface area contributed by atoms with E-state index in [1.165, 1.54) is 10.8 Å². The summed E-state index contributed by atoms with van der Waals surface area (Å²) in [5.74, 6) is -0.120. The summed E-state index contributed by atoms with van der Waals surface area (Å²) >= 11 is 11.8. The summed E-state index contributed by atoms with van der Waals surface area (Å²) in [6.07, 6.45) is 1.83. The van der Waals surface area contributed by atoms with Gasteiger partial charge in [0.15, 0.2) is 0 Å². The van der Waals surface area contributed by atoms with E-state index in [-0.39, 0.29) is 18.0 Å². The van der Waals surface area contributed by atoms with Crippen LogP contribution in [0.2, 0.25) is 0 Å². The van der Waals surface area contributed by atoms with Crippen LogP contribution in [0.4, 0.5) is 0 Å².